The van der Waals surface area contributed by atoms with Gasteiger partial charge in [-0.15, -0.1) is 5.10 Å². The first-order valence-electron chi connectivity index (χ1n) is 10.2. The van der Waals surface area contributed by atoms with E-state index in [0.29, 0.717) is 28.7 Å². The predicted octanol–water partition coefficient (Wildman–Crippen LogP) is 2.66. The first-order chi connectivity index (χ1) is 16.4. The van der Waals surface area contributed by atoms with Gasteiger partial charge in [0.25, 0.3) is 5.88 Å². The number of benzene rings is 2. The Morgan fingerprint density at radius 1 is 1.03 bits per heavy atom. The topological polar surface area (TPSA) is 118 Å². The maximum absolute atomic E-state index is 12.8. The molecule has 0 spiro atoms. The summed E-state index contributed by atoms with van der Waals surface area (Å²) >= 11 is 0. The van der Waals surface area contributed by atoms with Gasteiger partial charge in [0.15, 0.2) is 11.5 Å². The summed E-state index contributed by atoms with van der Waals surface area (Å²) in [5.41, 5.74) is 1.17. The molecular formula is C23H23N5O6. The van der Waals surface area contributed by atoms with Crippen LogP contribution in [0.1, 0.15) is 5.56 Å². The molecule has 0 aliphatic heterocycles. The zero-order valence-corrected chi connectivity index (χ0v) is 19.1. The Morgan fingerprint density at radius 3 is 2.32 bits per heavy atom. The van der Waals surface area contributed by atoms with Crippen molar-refractivity contribution in [3.8, 4) is 28.9 Å². The van der Waals surface area contributed by atoms with Gasteiger partial charge in [-0.05, 0) is 19.1 Å². The zero-order chi connectivity index (χ0) is 24.2. The number of anilines is 1. The summed E-state index contributed by atoms with van der Waals surface area (Å²) in [6.07, 6.45) is 2.89. The molecule has 0 unspecified atom stereocenters. The summed E-state index contributed by atoms with van der Waals surface area (Å²) in [5, 5.41) is 6.96. The summed E-state index contributed by atoms with van der Waals surface area (Å²) in [4.78, 5) is 29.7. The molecule has 0 aliphatic rings. The highest BCUT2D eigenvalue weighted by molar-refractivity contribution is 5.91. The Labute approximate surface area is 194 Å². The summed E-state index contributed by atoms with van der Waals surface area (Å²) < 4.78 is 24.0. The number of rotatable bonds is 8. The molecule has 11 nitrogen and oxygen atoms in total. The van der Waals surface area contributed by atoms with Crippen LogP contribution < -0.4 is 30.0 Å². The third-order valence-corrected chi connectivity index (χ3v) is 4.95. The molecule has 1 N–H and O–H groups in total. The number of nitrogens with zero attached hydrogens (tertiary/aromatic N) is 4. The fraction of sp³-hybridized carbons (Fsp3) is 0.217. The third-order valence-electron chi connectivity index (χ3n) is 4.95. The van der Waals surface area contributed by atoms with Crippen molar-refractivity contribution in [3.63, 3.8) is 0 Å². The molecule has 0 aliphatic carbocycles. The monoisotopic (exact) mass is 465 g/mol. The van der Waals surface area contributed by atoms with E-state index in [0.717, 1.165) is 10.2 Å². The van der Waals surface area contributed by atoms with Gasteiger partial charge in [0.1, 0.15) is 12.3 Å². The number of carbonyl (C=O) groups is 1. The van der Waals surface area contributed by atoms with Crippen molar-refractivity contribution < 1.29 is 23.7 Å². The van der Waals surface area contributed by atoms with Crippen LogP contribution in [0.25, 0.3) is 5.65 Å². The average molecular weight is 465 g/mol. The van der Waals surface area contributed by atoms with Gasteiger partial charge in [0.05, 0.1) is 21.3 Å². The van der Waals surface area contributed by atoms with Gasteiger partial charge in [-0.2, -0.15) is 0 Å². The highest BCUT2D eigenvalue weighted by Crippen LogP contribution is 2.39. The molecule has 2 heterocycles. The van der Waals surface area contributed by atoms with Gasteiger partial charge in [-0.1, -0.05) is 17.7 Å². The first-order valence-corrected chi connectivity index (χ1v) is 10.2. The molecule has 0 atom stereocenters. The van der Waals surface area contributed by atoms with Gasteiger partial charge in [0.2, 0.25) is 17.3 Å². The SMILES string of the molecule is COc1cc(NC(=O)Cn2nc3c(Oc4ccc(C)cc4)nccn3c2=O)cc(OC)c1OC. The fourth-order valence-corrected chi connectivity index (χ4v) is 3.31. The van der Waals surface area contributed by atoms with Crippen LogP contribution in [-0.2, 0) is 11.3 Å². The molecule has 4 rings (SSSR count). The van der Waals surface area contributed by atoms with Gasteiger partial charge in [-0.25, -0.2) is 18.9 Å². The Balaban J connectivity index is 1.58. The van der Waals surface area contributed by atoms with Crippen LogP contribution in [0.5, 0.6) is 28.9 Å². The molecule has 4 aromatic rings. The summed E-state index contributed by atoms with van der Waals surface area (Å²) in [7, 11) is 4.44. The number of aromatic nitrogens is 4. The average Bonchev–Trinajstić information content (AvgIpc) is 3.15. The lowest BCUT2D eigenvalue weighted by Gasteiger charge is -2.14. The summed E-state index contributed by atoms with van der Waals surface area (Å²) in [5.74, 6) is 1.37. The number of nitrogens with one attached hydrogen (secondary N) is 1. The second kappa shape index (κ2) is 9.53. The highest BCUT2D eigenvalue weighted by Gasteiger charge is 2.18. The van der Waals surface area contributed by atoms with Crippen molar-refractivity contribution >= 4 is 17.2 Å². The lowest BCUT2D eigenvalue weighted by Crippen LogP contribution is -2.28. The number of fused-ring (bicyclic) bond motifs is 1. The molecule has 2 aromatic carbocycles. The number of hydrogen-bond donors (Lipinski definition) is 1. The molecular weight excluding hydrogens is 442 g/mol. The number of ether oxygens (including phenoxy) is 4. The van der Waals surface area contributed by atoms with Crippen LogP contribution in [0.4, 0.5) is 5.69 Å². The lowest BCUT2D eigenvalue weighted by atomic mass is 10.2. The summed E-state index contributed by atoms with van der Waals surface area (Å²) in [6, 6.07) is 10.6. The minimum Gasteiger partial charge on any atom is -0.493 e. The van der Waals surface area contributed by atoms with E-state index in [-0.39, 0.29) is 18.1 Å². The molecule has 0 radical (unpaired) electrons. The molecule has 11 heteroatoms. The Morgan fingerprint density at radius 2 is 1.71 bits per heavy atom. The van der Waals surface area contributed by atoms with Crippen LogP contribution in [0.3, 0.4) is 0 Å². The number of methoxy groups -OCH3 is 3. The predicted molar refractivity (Wildman–Crippen MR) is 123 cm³/mol. The van der Waals surface area contributed by atoms with E-state index in [1.54, 1.807) is 24.3 Å². The maximum atomic E-state index is 12.8. The lowest BCUT2D eigenvalue weighted by molar-refractivity contribution is -0.117. The molecule has 0 saturated carbocycles. The smallest absolute Gasteiger partial charge is 0.351 e. The second-order valence-corrected chi connectivity index (χ2v) is 7.24. The molecule has 0 saturated heterocycles. The number of amides is 1. The zero-order valence-electron chi connectivity index (χ0n) is 19.1. The summed E-state index contributed by atoms with van der Waals surface area (Å²) in [6.45, 7) is 1.63. The largest absolute Gasteiger partial charge is 0.493 e. The van der Waals surface area contributed by atoms with E-state index in [9.17, 15) is 9.59 Å². The van der Waals surface area contributed by atoms with Gasteiger partial charge in [0, 0.05) is 30.2 Å². The van der Waals surface area contributed by atoms with Crippen molar-refractivity contribution in [2.75, 3.05) is 26.6 Å². The van der Waals surface area contributed by atoms with Crippen LogP contribution in [0, 0.1) is 6.92 Å². The molecule has 176 valence electrons. The maximum Gasteiger partial charge on any atom is 0.351 e. The number of aryl methyl sites for hydroxylation is 1. The third kappa shape index (κ3) is 4.49. The van der Waals surface area contributed by atoms with Crippen molar-refractivity contribution in [2.45, 2.75) is 13.5 Å². The number of hydrogen-bond acceptors (Lipinski definition) is 8. The molecule has 1 amide bonds. The second-order valence-electron chi connectivity index (χ2n) is 7.24. The Bertz CT molecular complexity index is 1370. The van der Waals surface area contributed by atoms with Crippen molar-refractivity contribution in [1.29, 1.82) is 0 Å². The molecule has 0 fully saturated rings. The van der Waals surface area contributed by atoms with E-state index >= 15 is 0 Å². The van der Waals surface area contributed by atoms with E-state index in [4.69, 9.17) is 18.9 Å². The Kier molecular flexibility index (Phi) is 6.35. The molecule has 2 aromatic heterocycles. The Hall–Kier alpha value is -4.54. The van der Waals surface area contributed by atoms with E-state index in [1.165, 1.54) is 38.1 Å². The van der Waals surface area contributed by atoms with Crippen molar-refractivity contribution in [2.24, 2.45) is 0 Å². The van der Waals surface area contributed by atoms with Gasteiger partial charge >= 0.3 is 5.69 Å². The van der Waals surface area contributed by atoms with Crippen molar-refractivity contribution in [3.05, 3.63) is 64.8 Å². The molecule has 0 bridgehead atoms. The van der Waals surface area contributed by atoms with Crippen LogP contribution in [0.15, 0.2) is 53.6 Å². The standard InChI is InChI=1S/C23H23N5O6/c1-14-5-7-16(8-6-14)34-22-21-26-28(23(30)27(21)10-9-24-22)13-19(29)25-15-11-17(31-2)20(33-4)18(12-15)32-3/h5-12H,13H2,1-4H3,(H,25,29). The van der Waals surface area contributed by atoms with Gasteiger partial charge < -0.3 is 24.3 Å². The van der Waals surface area contributed by atoms with Gasteiger partial charge in [-0.3, -0.25) is 4.79 Å². The van der Waals surface area contributed by atoms with Crippen LogP contribution in [0.2, 0.25) is 0 Å². The molecule has 34 heavy (non-hydrogen) atoms. The normalized spacial score (nSPS) is 10.7. The quantitative estimate of drug-likeness (QED) is 0.422. The van der Waals surface area contributed by atoms with E-state index < -0.39 is 11.6 Å². The first kappa shape index (κ1) is 22.6. The minimum atomic E-state index is -0.508. The highest BCUT2D eigenvalue weighted by atomic mass is 16.5. The van der Waals surface area contributed by atoms with Crippen LogP contribution in [-0.4, -0.2) is 46.4 Å². The minimum absolute atomic E-state index is 0.146. The van der Waals surface area contributed by atoms with E-state index in [2.05, 4.69) is 15.4 Å². The van der Waals surface area contributed by atoms with E-state index in [1.807, 2.05) is 19.1 Å². The number of carbonyl (C=O) groups excluding carboxylic acids is 1. The van der Waals surface area contributed by atoms with Crippen molar-refractivity contribution in [1.82, 2.24) is 19.2 Å². The van der Waals surface area contributed by atoms with Crippen LogP contribution >= 0.6 is 0 Å². The fourth-order valence-electron chi connectivity index (χ4n) is 3.31.